The van der Waals surface area contributed by atoms with Crippen molar-refractivity contribution < 1.29 is 13.9 Å². The van der Waals surface area contributed by atoms with Crippen LogP contribution in [-0.4, -0.2) is 56.0 Å². The molecule has 164 valence electrons. The Morgan fingerprint density at radius 1 is 1.19 bits per heavy atom. The lowest BCUT2D eigenvalue weighted by molar-refractivity contribution is 0.0996. The number of benzene rings is 1. The molecule has 1 saturated heterocycles. The van der Waals surface area contributed by atoms with E-state index >= 15 is 0 Å². The van der Waals surface area contributed by atoms with Gasteiger partial charge in [-0.3, -0.25) is 9.69 Å². The number of carbonyl (C=O) groups excluding carboxylic acids is 1. The summed E-state index contributed by atoms with van der Waals surface area (Å²) in [5.41, 5.74) is 2.33. The maximum Gasteiger partial charge on any atom is 0.291 e. The predicted molar refractivity (Wildman–Crippen MR) is 124 cm³/mol. The fourth-order valence-corrected chi connectivity index (χ4v) is 4.98. The third-order valence-electron chi connectivity index (χ3n) is 5.76. The number of methoxy groups -OCH3 is 1. The van der Waals surface area contributed by atoms with Crippen molar-refractivity contribution in [3.8, 4) is 5.75 Å². The lowest BCUT2D eigenvalue weighted by Gasteiger charge is -2.38. The van der Waals surface area contributed by atoms with Crippen LogP contribution in [0.5, 0.6) is 5.75 Å². The number of rotatable bonds is 7. The zero-order chi connectivity index (χ0) is 21.8. The third-order valence-corrected chi connectivity index (χ3v) is 6.97. The number of ether oxygens (including phenoxy) is 1. The first kappa shape index (κ1) is 21.6. The summed E-state index contributed by atoms with van der Waals surface area (Å²) in [4.78, 5) is 18.9. The largest absolute Gasteiger partial charge is 0.497 e. The van der Waals surface area contributed by atoms with Gasteiger partial charge in [0.1, 0.15) is 10.8 Å². The van der Waals surface area contributed by atoms with Gasteiger partial charge in [0.05, 0.1) is 19.4 Å². The Labute approximate surface area is 187 Å². The minimum atomic E-state index is -0.220. The van der Waals surface area contributed by atoms with Crippen molar-refractivity contribution in [2.24, 2.45) is 0 Å². The highest BCUT2D eigenvalue weighted by Crippen LogP contribution is 2.40. The van der Waals surface area contributed by atoms with Crippen molar-refractivity contribution in [2.45, 2.75) is 19.4 Å². The predicted octanol–water partition coefficient (Wildman–Crippen LogP) is 4.50. The van der Waals surface area contributed by atoms with Crippen LogP contribution in [0.25, 0.3) is 0 Å². The van der Waals surface area contributed by atoms with E-state index in [0.717, 1.165) is 48.9 Å². The maximum atomic E-state index is 12.8. The van der Waals surface area contributed by atoms with Gasteiger partial charge in [-0.05, 0) is 49.4 Å². The number of amides is 1. The molecular weight excluding hydrogens is 410 g/mol. The van der Waals surface area contributed by atoms with Crippen molar-refractivity contribution >= 4 is 22.2 Å². The molecular formula is C24H29N3O3S. The van der Waals surface area contributed by atoms with Crippen LogP contribution in [-0.2, 0) is 6.42 Å². The molecule has 1 fully saturated rings. The average Bonchev–Trinajstić information content (AvgIpc) is 3.46. The van der Waals surface area contributed by atoms with E-state index in [4.69, 9.17) is 9.15 Å². The van der Waals surface area contributed by atoms with E-state index in [-0.39, 0.29) is 11.9 Å². The van der Waals surface area contributed by atoms with E-state index in [1.54, 1.807) is 30.6 Å². The molecule has 31 heavy (non-hydrogen) atoms. The molecule has 1 atom stereocenters. The average molecular weight is 440 g/mol. The Morgan fingerprint density at radius 2 is 1.94 bits per heavy atom. The summed E-state index contributed by atoms with van der Waals surface area (Å²) in [6.45, 7) is 6.12. The number of nitrogens with one attached hydrogen (secondary N) is 1. The molecule has 1 aliphatic heterocycles. The molecule has 1 aliphatic rings. The zero-order valence-corrected chi connectivity index (χ0v) is 19.1. The summed E-state index contributed by atoms with van der Waals surface area (Å²) in [5.74, 6) is 0.937. The molecule has 3 heterocycles. The summed E-state index contributed by atoms with van der Waals surface area (Å²) in [6, 6.07) is 14.0. The second kappa shape index (κ2) is 9.68. The molecule has 4 rings (SSSR count). The number of hydrogen-bond donors (Lipinski definition) is 1. The summed E-state index contributed by atoms with van der Waals surface area (Å²) in [6.07, 6.45) is 2.44. The first-order chi connectivity index (χ1) is 15.1. The van der Waals surface area contributed by atoms with Crippen LogP contribution < -0.4 is 10.1 Å². The van der Waals surface area contributed by atoms with Gasteiger partial charge in [0.25, 0.3) is 5.91 Å². The van der Waals surface area contributed by atoms with Gasteiger partial charge >= 0.3 is 0 Å². The van der Waals surface area contributed by atoms with Gasteiger partial charge in [-0.25, -0.2) is 0 Å². The molecule has 2 aromatic heterocycles. The van der Waals surface area contributed by atoms with Crippen molar-refractivity contribution in [3.05, 3.63) is 70.5 Å². The smallest absolute Gasteiger partial charge is 0.291 e. The Bertz CT molecular complexity index is 990. The van der Waals surface area contributed by atoms with Crippen LogP contribution in [0.1, 0.15) is 39.5 Å². The number of piperazine rings is 1. The number of thiophene rings is 1. The van der Waals surface area contributed by atoms with Gasteiger partial charge in [0.15, 0.2) is 5.76 Å². The number of furan rings is 1. The minimum absolute atomic E-state index is 0.0584. The molecule has 1 amide bonds. The number of carbonyl (C=O) groups is 1. The van der Waals surface area contributed by atoms with E-state index in [0.29, 0.717) is 5.76 Å². The van der Waals surface area contributed by atoms with Gasteiger partial charge in [-0.15, -0.1) is 11.3 Å². The Balaban J connectivity index is 1.72. The van der Waals surface area contributed by atoms with Crippen molar-refractivity contribution in [3.63, 3.8) is 0 Å². The van der Waals surface area contributed by atoms with Crippen LogP contribution in [0.3, 0.4) is 0 Å². The van der Waals surface area contributed by atoms with Crippen LogP contribution in [0.2, 0.25) is 0 Å². The topological polar surface area (TPSA) is 58.0 Å². The van der Waals surface area contributed by atoms with Gasteiger partial charge in [0, 0.05) is 36.6 Å². The highest BCUT2D eigenvalue weighted by molar-refractivity contribution is 7.16. The molecule has 0 aliphatic carbocycles. The number of anilines is 1. The number of likely N-dealkylation sites (N-methyl/N-ethyl adjacent to an activating group) is 1. The highest BCUT2D eigenvalue weighted by Gasteiger charge is 2.29. The zero-order valence-electron chi connectivity index (χ0n) is 18.3. The van der Waals surface area contributed by atoms with Crippen LogP contribution in [0, 0.1) is 0 Å². The summed E-state index contributed by atoms with van der Waals surface area (Å²) >= 11 is 1.64. The lowest BCUT2D eigenvalue weighted by atomic mass is 9.97. The molecule has 1 N–H and O–H groups in total. The maximum absolute atomic E-state index is 12.8. The van der Waals surface area contributed by atoms with Gasteiger partial charge in [0.2, 0.25) is 0 Å². The van der Waals surface area contributed by atoms with Gasteiger partial charge < -0.3 is 19.4 Å². The fraction of sp³-hybridized carbons (Fsp3) is 0.375. The van der Waals surface area contributed by atoms with E-state index in [2.05, 4.69) is 47.3 Å². The molecule has 0 unspecified atom stereocenters. The van der Waals surface area contributed by atoms with Crippen LogP contribution in [0.15, 0.2) is 53.1 Å². The van der Waals surface area contributed by atoms with E-state index < -0.39 is 0 Å². The fourth-order valence-electron chi connectivity index (χ4n) is 3.96. The molecule has 0 radical (unpaired) electrons. The minimum Gasteiger partial charge on any atom is -0.497 e. The quantitative estimate of drug-likeness (QED) is 0.587. The van der Waals surface area contributed by atoms with Gasteiger partial charge in [-0.1, -0.05) is 19.1 Å². The van der Waals surface area contributed by atoms with Crippen molar-refractivity contribution in [1.82, 2.24) is 9.80 Å². The van der Waals surface area contributed by atoms with Crippen LogP contribution >= 0.6 is 11.3 Å². The molecule has 3 aromatic rings. The summed E-state index contributed by atoms with van der Waals surface area (Å²) in [5, 5.41) is 4.00. The Hall–Kier alpha value is -2.61. The van der Waals surface area contributed by atoms with Crippen molar-refractivity contribution in [2.75, 3.05) is 45.7 Å². The summed E-state index contributed by atoms with van der Waals surface area (Å²) in [7, 11) is 3.84. The molecule has 6 nitrogen and oxygen atoms in total. The molecule has 0 spiro atoms. The van der Waals surface area contributed by atoms with Gasteiger partial charge in [-0.2, -0.15) is 0 Å². The van der Waals surface area contributed by atoms with E-state index in [9.17, 15) is 4.79 Å². The molecule has 0 bridgehead atoms. The van der Waals surface area contributed by atoms with E-state index in [1.165, 1.54) is 16.7 Å². The number of nitrogens with zero attached hydrogens (tertiary/aromatic N) is 2. The lowest BCUT2D eigenvalue weighted by Crippen LogP contribution is -2.46. The Morgan fingerprint density at radius 3 is 2.55 bits per heavy atom. The SMILES string of the molecule is CCc1cc([C@H](c2ccc(OC)cc2)N2CCN(C)CC2)c(NC(=O)c2ccco2)s1. The van der Waals surface area contributed by atoms with Crippen LogP contribution in [0.4, 0.5) is 5.00 Å². The first-order valence-electron chi connectivity index (χ1n) is 10.6. The molecule has 0 saturated carbocycles. The highest BCUT2D eigenvalue weighted by atomic mass is 32.1. The van der Waals surface area contributed by atoms with Crippen molar-refractivity contribution in [1.29, 1.82) is 0 Å². The second-order valence-electron chi connectivity index (χ2n) is 7.80. The summed E-state index contributed by atoms with van der Waals surface area (Å²) < 4.78 is 10.7. The normalized spacial score (nSPS) is 16.2. The number of hydrogen-bond acceptors (Lipinski definition) is 6. The second-order valence-corrected chi connectivity index (χ2v) is 8.93. The standard InChI is InChI=1S/C24H29N3O3S/c1-4-19-16-20(24(31-19)25-23(28)21-6-5-15-30-21)22(27-13-11-26(2)12-14-27)17-7-9-18(29-3)10-8-17/h5-10,15-16,22H,4,11-14H2,1-3H3,(H,25,28)/t22-/m0/s1. The monoisotopic (exact) mass is 439 g/mol. The first-order valence-corrected chi connectivity index (χ1v) is 11.4. The number of aryl methyl sites for hydroxylation is 1. The van der Waals surface area contributed by atoms with E-state index in [1.807, 2.05) is 12.1 Å². The molecule has 7 heteroatoms. The Kier molecular flexibility index (Phi) is 6.75. The third kappa shape index (κ3) is 4.84. The molecule has 1 aromatic carbocycles.